The maximum atomic E-state index is 11.9. The van der Waals surface area contributed by atoms with Crippen molar-refractivity contribution in [2.75, 3.05) is 20.3 Å². The fraction of sp³-hybridized carbons (Fsp3) is 0.455. The molecule has 5 nitrogen and oxygen atoms in total. The van der Waals surface area contributed by atoms with Crippen molar-refractivity contribution >= 4 is 5.91 Å². The summed E-state index contributed by atoms with van der Waals surface area (Å²) in [5, 5.41) is 9.94. The number of carbonyl (C=O) groups excluding carboxylic acids is 1. The Labute approximate surface area is 93.7 Å². The molecular weight excluding hydrogens is 208 g/mol. The van der Waals surface area contributed by atoms with E-state index in [-0.39, 0.29) is 5.91 Å². The van der Waals surface area contributed by atoms with E-state index in [0.717, 1.165) is 0 Å². The van der Waals surface area contributed by atoms with Gasteiger partial charge in [-0.1, -0.05) is 6.07 Å². The number of rotatable bonds is 4. The number of aliphatic hydroxyl groups excluding tert-OH is 1. The molecule has 0 saturated carbocycles. The number of pyridine rings is 1. The predicted molar refractivity (Wildman–Crippen MR) is 56.7 cm³/mol. The van der Waals surface area contributed by atoms with Crippen molar-refractivity contribution in [2.24, 2.45) is 0 Å². The molecule has 2 heterocycles. The SMILES string of the molecule is COCCCN1C(=O)c2ncccc2C1O. The van der Waals surface area contributed by atoms with Crippen molar-refractivity contribution in [3.8, 4) is 0 Å². The van der Waals surface area contributed by atoms with Crippen LogP contribution in [-0.2, 0) is 4.74 Å². The fourth-order valence-electron chi connectivity index (χ4n) is 1.82. The summed E-state index contributed by atoms with van der Waals surface area (Å²) in [6.07, 6.45) is 1.39. The van der Waals surface area contributed by atoms with Gasteiger partial charge in [-0.25, -0.2) is 0 Å². The molecule has 0 fully saturated rings. The summed E-state index contributed by atoms with van der Waals surface area (Å²) in [5.41, 5.74) is 0.942. The minimum absolute atomic E-state index is 0.209. The summed E-state index contributed by atoms with van der Waals surface area (Å²) >= 11 is 0. The predicted octanol–water partition coefficient (Wildman–Crippen LogP) is 0.565. The van der Waals surface area contributed by atoms with E-state index in [1.807, 2.05) is 0 Å². The second-order valence-corrected chi connectivity index (χ2v) is 3.66. The second-order valence-electron chi connectivity index (χ2n) is 3.66. The van der Waals surface area contributed by atoms with E-state index >= 15 is 0 Å². The van der Waals surface area contributed by atoms with Crippen molar-refractivity contribution in [3.63, 3.8) is 0 Å². The Morgan fingerprint density at radius 3 is 3.12 bits per heavy atom. The summed E-state index contributed by atoms with van der Waals surface area (Å²) in [7, 11) is 1.61. The number of nitrogens with zero attached hydrogens (tertiary/aromatic N) is 2. The Balaban J connectivity index is 2.12. The lowest BCUT2D eigenvalue weighted by Crippen LogP contribution is -2.29. The van der Waals surface area contributed by atoms with Crippen LogP contribution in [0, 0.1) is 0 Å². The number of hydrogen-bond donors (Lipinski definition) is 1. The molecule has 1 atom stereocenters. The van der Waals surface area contributed by atoms with Crippen LogP contribution in [0.2, 0.25) is 0 Å². The molecule has 16 heavy (non-hydrogen) atoms. The van der Waals surface area contributed by atoms with Crippen LogP contribution in [0.1, 0.15) is 28.7 Å². The van der Waals surface area contributed by atoms with Gasteiger partial charge in [0.05, 0.1) is 0 Å². The summed E-state index contributed by atoms with van der Waals surface area (Å²) < 4.78 is 4.91. The monoisotopic (exact) mass is 222 g/mol. The normalized spacial score (nSPS) is 19.0. The van der Waals surface area contributed by atoms with Gasteiger partial charge in [0.15, 0.2) is 6.23 Å². The van der Waals surface area contributed by atoms with Crippen LogP contribution in [-0.4, -0.2) is 41.2 Å². The van der Waals surface area contributed by atoms with Crippen molar-refractivity contribution < 1.29 is 14.6 Å². The number of hydrogen-bond acceptors (Lipinski definition) is 4. The molecular formula is C11H14N2O3. The molecule has 0 spiro atoms. The molecule has 1 aliphatic rings. The Hall–Kier alpha value is -1.46. The first-order chi connectivity index (χ1) is 7.75. The summed E-state index contributed by atoms with van der Waals surface area (Å²) in [6.45, 7) is 1.05. The van der Waals surface area contributed by atoms with Gasteiger partial charge >= 0.3 is 0 Å². The van der Waals surface area contributed by atoms with Gasteiger partial charge in [0, 0.05) is 32.0 Å². The standard InChI is InChI=1S/C11H14N2O3/c1-16-7-3-6-13-10(14)8-4-2-5-12-9(8)11(13)15/h2,4-5,10,14H,3,6-7H2,1H3. The molecule has 1 aliphatic heterocycles. The number of ether oxygens (including phenoxy) is 1. The van der Waals surface area contributed by atoms with Crippen molar-refractivity contribution in [3.05, 3.63) is 29.6 Å². The molecule has 5 heteroatoms. The van der Waals surface area contributed by atoms with Crippen LogP contribution in [0.25, 0.3) is 0 Å². The topological polar surface area (TPSA) is 62.7 Å². The van der Waals surface area contributed by atoms with Gasteiger partial charge in [0.2, 0.25) is 0 Å². The second kappa shape index (κ2) is 4.59. The first-order valence-electron chi connectivity index (χ1n) is 5.18. The van der Waals surface area contributed by atoms with Gasteiger partial charge in [-0.05, 0) is 12.5 Å². The van der Waals surface area contributed by atoms with E-state index in [0.29, 0.717) is 30.8 Å². The quantitative estimate of drug-likeness (QED) is 0.756. The molecule has 0 aliphatic carbocycles. The van der Waals surface area contributed by atoms with Crippen LogP contribution in [0.3, 0.4) is 0 Å². The van der Waals surface area contributed by atoms with Crippen LogP contribution in [0.15, 0.2) is 18.3 Å². The fourth-order valence-corrected chi connectivity index (χ4v) is 1.82. The van der Waals surface area contributed by atoms with Crippen LogP contribution >= 0.6 is 0 Å². The molecule has 1 unspecified atom stereocenters. The zero-order valence-electron chi connectivity index (χ0n) is 9.09. The summed E-state index contributed by atoms with van der Waals surface area (Å²) in [4.78, 5) is 17.3. The number of amides is 1. The lowest BCUT2D eigenvalue weighted by molar-refractivity contribution is 0.0143. The average Bonchev–Trinajstić information content (AvgIpc) is 2.55. The van der Waals surface area contributed by atoms with Gasteiger partial charge < -0.3 is 14.7 Å². The Kier molecular flexibility index (Phi) is 3.17. The highest BCUT2D eigenvalue weighted by atomic mass is 16.5. The largest absolute Gasteiger partial charge is 0.385 e. The number of methoxy groups -OCH3 is 1. The minimum atomic E-state index is -0.868. The number of aromatic nitrogens is 1. The number of aliphatic hydroxyl groups is 1. The first-order valence-corrected chi connectivity index (χ1v) is 5.18. The van der Waals surface area contributed by atoms with Crippen LogP contribution in [0.4, 0.5) is 0 Å². The zero-order chi connectivity index (χ0) is 11.5. The van der Waals surface area contributed by atoms with E-state index in [1.54, 1.807) is 25.4 Å². The summed E-state index contributed by atoms with van der Waals surface area (Å²) in [5.74, 6) is -0.209. The van der Waals surface area contributed by atoms with Gasteiger partial charge in [0.1, 0.15) is 5.69 Å². The minimum Gasteiger partial charge on any atom is -0.385 e. The Morgan fingerprint density at radius 2 is 2.44 bits per heavy atom. The van der Waals surface area contributed by atoms with Gasteiger partial charge in [0.25, 0.3) is 5.91 Å². The van der Waals surface area contributed by atoms with E-state index in [2.05, 4.69) is 4.98 Å². The molecule has 1 N–H and O–H groups in total. The van der Waals surface area contributed by atoms with Gasteiger partial charge in [-0.2, -0.15) is 0 Å². The van der Waals surface area contributed by atoms with Crippen LogP contribution in [0.5, 0.6) is 0 Å². The molecule has 86 valence electrons. The Bertz CT molecular complexity index is 395. The van der Waals surface area contributed by atoms with Crippen molar-refractivity contribution in [1.82, 2.24) is 9.88 Å². The maximum absolute atomic E-state index is 11.9. The molecule has 1 amide bonds. The van der Waals surface area contributed by atoms with E-state index < -0.39 is 6.23 Å². The number of fused-ring (bicyclic) bond motifs is 1. The molecule has 1 aromatic heterocycles. The van der Waals surface area contributed by atoms with E-state index in [9.17, 15) is 9.90 Å². The number of carbonyl (C=O) groups is 1. The molecule has 2 rings (SSSR count). The third-order valence-electron chi connectivity index (χ3n) is 2.62. The molecule has 0 radical (unpaired) electrons. The first kappa shape index (κ1) is 11.0. The lowest BCUT2D eigenvalue weighted by atomic mass is 10.2. The highest BCUT2D eigenvalue weighted by Crippen LogP contribution is 2.29. The van der Waals surface area contributed by atoms with Crippen molar-refractivity contribution in [1.29, 1.82) is 0 Å². The van der Waals surface area contributed by atoms with Crippen LogP contribution < -0.4 is 0 Å². The highest BCUT2D eigenvalue weighted by molar-refractivity contribution is 5.96. The molecule has 0 bridgehead atoms. The third kappa shape index (κ3) is 1.79. The average molecular weight is 222 g/mol. The smallest absolute Gasteiger partial charge is 0.275 e. The summed E-state index contributed by atoms with van der Waals surface area (Å²) in [6, 6.07) is 3.44. The highest BCUT2D eigenvalue weighted by Gasteiger charge is 2.35. The van der Waals surface area contributed by atoms with E-state index in [4.69, 9.17) is 4.74 Å². The maximum Gasteiger partial charge on any atom is 0.275 e. The van der Waals surface area contributed by atoms with Crippen molar-refractivity contribution in [2.45, 2.75) is 12.6 Å². The zero-order valence-corrected chi connectivity index (χ0v) is 9.09. The molecule has 1 aromatic rings. The lowest BCUT2D eigenvalue weighted by Gasteiger charge is -2.20. The van der Waals surface area contributed by atoms with E-state index in [1.165, 1.54) is 4.90 Å². The molecule has 0 saturated heterocycles. The molecule has 0 aromatic carbocycles. The third-order valence-corrected chi connectivity index (χ3v) is 2.62. The Morgan fingerprint density at radius 1 is 1.62 bits per heavy atom. The van der Waals surface area contributed by atoms with Gasteiger partial charge in [-0.15, -0.1) is 0 Å². The van der Waals surface area contributed by atoms with Gasteiger partial charge in [-0.3, -0.25) is 9.78 Å².